The molecule has 3 heterocycles. The highest BCUT2D eigenvalue weighted by molar-refractivity contribution is 5.93. The van der Waals surface area contributed by atoms with Crippen molar-refractivity contribution < 1.29 is 4.79 Å². The predicted molar refractivity (Wildman–Crippen MR) is 89.0 cm³/mol. The Hall–Kier alpha value is -3.35. The van der Waals surface area contributed by atoms with Gasteiger partial charge in [-0.1, -0.05) is 12.1 Å². The first-order valence-electron chi connectivity index (χ1n) is 7.45. The van der Waals surface area contributed by atoms with Crippen molar-refractivity contribution in [3.63, 3.8) is 0 Å². The van der Waals surface area contributed by atoms with Gasteiger partial charge in [-0.2, -0.15) is 0 Å². The molecule has 0 unspecified atom stereocenters. The lowest BCUT2D eigenvalue weighted by molar-refractivity contribution is 0.0949. The summed E-state index contributed by atoms with van der Waals surface area (Å²) in [5.74, 6) is 0.207. The number of carbonyl (C=O) groups is 1. The van der Waals surface area contributed by atoms with Crippen LogP contribution < -0.4 is 10.6 Å². The third kappa shape index (κ3) is 4.33. The molecule has 3 rings (SSSR count). The molecule has 0 aromatic carbocycles. The van der Waals surface area contributed by atoms with Gasteiger partial charge < -0.3 is 10.6 Å². The maximum atomic E-state index is 12.1. The van der Waals surface area contributed by atoms with Crippen molar-refractivity contribution in [3.8, 4) is 0 Å². The molecule has 1 amide bonds. The van der Waals surface area contributed by atoms with Gasteiger partial charge in [-0.25, -0.2) is 9.97 Å². The molecule has 0 fully saturated rings. The SMILES string of the molecule is O=C(NCc1ccccn1)c1cnc(NCc2ccccn2)nc1. The number of nitrogens with zero attached hydrogens (tertiary/aromatic N) is 4. The molecule has 7 nitrogen and oxygen atoms in total. The second-order valence-corrected chi connectivity index (χ2v) is 4.97. The quantitative estimate of drug-likeness (QED) is 0.719. The van der Waals surface area contributed by atoms with Gasteiger partial charge in [0, 0.05) is 24.8 Å². The molecule has 7 heteroatoms. The fourth-order valence-corrected chi connectivity index (χ4v) is 1.98. The van der Waals surface area contributed by atoms with E-state index in [9.17, 15) is 4.79 Å². The molecule has 0 saturated heterocycles. The minimum atomic E-state index is -0.239. The van der Waals surface area contributed by atoms with Crippen LogP contribution in [0.5, 0.6) is 0 Å². The Morgan fingerprint density at radius 1 is 0.833 bits per heavy atom. The standard InChI is InChI=1S/C17H16N6O/c24-16(20-11-14-5-1-3-7-18-14)13-9-21-17(22-10-13)23-12-15-6-2-4-8-19-15/h1-10H,11-12H2,(H,20,24)(H,21,22,23). The molecule has 0 atom stereocenters. The first-order chi connectivity index (χ1) is 11.8. The molecule has 0 saturated carbocycles. The normalized spacial score (nSPS) is 10.2. The second-order valence-electron chi connectivity index (χ2n) is 4.97. The highest BCUT2D eigenvalue weighted by Gasteiger charge is 2.07. The van der Waals surface area contributed by atoms with Crippen LogP contribution in [0, 0.1) is 0 Å². The van der Waals surface area contributed by atoms with Crippen LogP contribution in [-0.4, -0.2) is 25.8 Å². The lowest BCUT2D eigenvalue weighted by Crippen LogP contribution is -2.23. The van der Waals surface area contributed by atoms with E-state index in [1.165, 1.54) is 12.4 Å². The van der Waals surface area contributed by atoms with Gasteiger partial charge in [-0.05, 0) is 24.3 Å². The third-order valence-electron chi connectivity index (χ3n) is 3.22. The van der Waals surface area contributed by atoms with E-state index in [1.54, 1.807) is 12.4 Å². The molecular formula is C17H16N6O. The minimum absolute atomic E-state index is 0.239. The first kappa shape index (κ1) is 15.5. The average Bonchev–Trinajstić information content (AvgIpc) is 2.66. The van der Waals surface area contributed by atoms with Crippen molar-refractivity contribution in [1.29, 1.82) is 0 Å². The van der Waals surface area contributed by atoms with Crippen molar-refractivity contribution in [1.82, 2.24) is 25.3 Å². The van der Waals surface area contributed by atoms with Crippen LogP contribution in [0.4, 0.5) is 5.95 Å². The van der Waals surface area contributed by atoms with Crippen LogP contribution in [0.25, 0.3) is 0 Å². The summed E-state index contributed by atoms with van der Waals surface area (Å²) in [5, 5.41) is 5.84. The van der Waals surface area contributed by atoms with Gasteiger partial charge in [-0.3, -0.25) is 14.8 Å². The molecule has 3 aromatic rings. The lowest BCUT2D eigenvalue weighted by Gasteiger charge is -2.06. The zero-order valence-corrected chi connectivity index (χ0v) is 12.9. The number of amides is 1. The van der Waals surface area contributed by atoms with Gasteiger partial charge in [0.2, 0.25) is 5.95 Å². The monoisotopic (exact) mass is 320 g/mol. The van der Waals surface area contributed by atoms with E-state index in [0.29, 0.717) is 24.6 Å². The topological polar surface area (TPSA) is 92.7 Å². The smallest absolute Gasteiger partial charge is 0.254 e. The molecule has 2 N–H and O–H groups in total. The Morgan fingerprint density at radius 2 is 1.46 bits per heavy atom. The molecule has 3 aromatic heterocycles. The number of nitrogens with one attached hydrogen (secondary N) is 2. The number of pyridine rings is 2. The number of hydrogen-bond donors (Lipinski definition) is 2. The molecule has 0 radical (unpaired) electrons. The number of carbonyl (C=O) groups excluding carboxylic acids is 1. The minimum Gasteiger partial charge on any atom is -0.349 e. The van der Waals surface area contributed by atoms with Gasteiger partial charge >= 0.3 is 0 Å². The summed E-state index contributed by atoms with van der Waals surface area (Å²) >= 11 is 0. The lowest BCUT2D eigenvalue weighted by atomic mass is 10.3. The molecule has 0 aliphatic rings. The molecule has 0 spiro atoms. The first-order valence-corrected chi connectivity index (χ1v) is 7.45. The summed E-state index contributed by atoms with van der Waals surface area (Å²) < 4.78 is 0. The molecular weight excluding hydrogens is 304 g/mol. The largest absolute Gasteiger partial charge is 0.349 e. The molecule has 24 heavy (non-hydrogen) atoms. The van der Waals surface area contributed by atoms with Crippen molar-refractivity contribution in [2.75, 3.05) is 5.32 Å². The van der Waals surface area contributed by atoms with Gasteiger partial charge in [0.1, 0.15) is 0 Å². The number of hydrogen-bond acceptors (Lipinski definition) is 6. The van der Waals surface area contributed by atoms with E-state index < -0.39 is 0 Å². The Balaban J connectivity index is 1.53. The molecule has 0 aliphatic heterocycles. The van der Waals surface area contributed by atoms with Gasteiger partial charge in [0.15, 0.2) is 0 Å². The Morgan fingerprint density at radius 3 is 2.04 bits per heavy atom. The van der Waals surface area contributed by atoms with Crippen LogP contribution in [0.3, 0.4) is 0 Å². The third-order valence-corrected chi connectivity index (χ3v) is 3.22. The summed E-state index contributed by atoms with van der Waals surface area (Å²) in [4.78, 5) is 28.7. The second kappa shape index (κ2) is 7.77. The maximum Gasteiger partial charge on any atom is 0.254 e. The highest BCUT2D eigenvalue weighted by atomic mass is 16.1. The summed E-state index contributed by atoms with van der Waals surface area (Å²) in [6.07, 6.45) is 6.39. The van der Waals surface area contributed by atoms with E-state index in [4.69, 9.17) is 0 Å². The zero-order chi connectivity index (χ0) is 16.6. The van der Waals surface area contributed by atoms with Crippen LogP contribution in [0.1, 0.15) is 21.7 Å². The maximum absolute atomic E-state index is 12.1. The van der Waals surface area contributed by atoms with Crippen molar-refractivity contribution in [2.24, 2.45) is 0 Å². The van der Waals surface area contributed by atoms with E-state index in [0.717, 1.165) is 11.4 Å². The molecule has 120 valence electrons. The zero-order valence-electron chi connectivity index (χ0n) is 12.9. The summed E-state index contributed by atoms with van der Waals surface area (Å²) in [5.41, 5.74) is 2.08. The summed E-state index contributed by atoms with van der Waals surface area (Å²) in [6, 6.07) is 11.2. The van der Waals surface area contributed by atoms with E-state index in [2.05, 4.69) is 30.6 Å². The van der Waals surface area contributed by atoms with Crippen LogP contribution >= 0.6 is 0 Å². The van der Waals surface area contributed by atoms with Gasteiger partial charge in [0.25, 0.3) is 5.91 Å². The highest BCUT2D eigenvalue weighted by Crippen LogP contribution is 2.03. The van der Waals surface area contributed by atoms with Crippen molar-refractivity contribution in [2.45, 2.75) is 13.1 Å². The average molecular weight is 320 g/mol. The number of aromatic nitrogens is 4. The number of rotatable bonds is 6. The summed E-state index contributed by atoms with van der Waals surface area (Å²) in [6.45, 7) is 0.880. The van der Waals surface area contributed by atoms with Gasteiger partial charge in [-0.15, -0.1) is 0 Å². The fraction of sp³-hybridized carbons (Fsp3) is 0.118. The predicted octanol–water partition coefficient (Wildman–Crippen LogP) is 1.81. The molecule has 0 bridgehead atoms. The van der Waals surface area contributed by atoms with Crippen LogP contribution in [0.2, 0.25) is 0 Å². The molecule has 0 aliphatic carbocycles. The van der Waals surface area contributed by atoms with Crippen LogP contribution in [-0.2, 0) is 13.1 Å². The van der Waals surface area contributed by atoms with Crippen LogP contribution in [0.15, 0.2) is 61.2 Å². The van der Waals surface area contributed by atoms with E-state index >= 15 is 0 Å². The van der Waals surface area contributed by atoms with Crippen molar-refractivity contribution in [3.05, 3.63) is 78.1 Å². The number of anilines is 1. The Bertz CT molecular complexity index is 777. The Labute approximate surface area is 139 Å². The van der Waals surface area contributed by atoms with Crippen molar-refractivity contribution >= 4 is 11.9 Å². The van der Waals surface area contributed by atoms with E-state index in [-0.39, 0.29) is 5.91 Å². The fourth-order valence-electron chi connectivity index (χ4n) is 1.98. The Kier molecular flexibility index (Phi) is 5.03. The van der Waals surface area contributed by atoms with E-state index in [1.807, 2.05) is 36.4 Å². The van der Waals surface area contributed by atoms with Gasteiger partial charge in [0.05, 0.1) is 30.0 Å². The summed E-state index contributed by atoms with van der Waals surface area (Å²) in [7, 11) is 0.